The number of aromatic hydroxyl groups is 2. The van der Waals surface area contributed by atoms with Crippen LogP contribution in [0.15, 0.2) is 77.0 Å². The van der Waals surface area contributed by atoms with Gasteiger partial charge in [0.2, 0.25) is 0 Å². The zero-order valence-corrected chi connectivity index (χ0v) is 14.4. The lowest BCUT2D eigenvalue weighted by atomic mass is 10.0. The van der Waals surface area contributed by atoms with Crippen molar-refractivity contribution >= 4 is 17.2 Å². The highest BCUT2D eigenvalue weighted by Crippen LogP contribution is 2.40. The predicted molar refractivity (Wildman–Crippen MR) is 101 cm³/mol. The van der Waals surface area contributed by atoms with Crippen LogP contribution in [-0.4, -0.2) is 27.7 Å². The zero-order valence-electron chi connectivity index (χ0n) is 14.4. The van der Waals surface area contributed by atoms with Crippen LogP contribution in [0.3, 0.4) is 0 Å². The first kappa shape index (κ1) is 18.3. The van der Waals surface area contributed by atoms with E-state index in [2.05, 4.69) is 10.2 Å². The monoisotopic (exact) mass is 362 g/mol. The number of benzene rings is 3. The van der Waals surface area contributed by atoms with E-state index in [9.17, 15) is 15.0 Å². The second-order valence-electron chi connectivity index (χ2n) is 5.86. The van der Waals surface area contributed by atoms with Crippen LogP contribution in [0, 0.1) is 0 Å². The number of hydrogen-bond acceptors (Lipinski definition) is 6. The number of rotatable bonds is 6. The fourth-order valence-electron chi connectivity index (χ4n) is 2.56. The summed E-state index contributed by atoms with van der Waals surface area (Å²) in [7, 11) is 0. The first-order chi connectivity index (χ1) is 13.1. The molecular formula is C21H18N2O4. The molecule has 0 unspecified atom stereocenters. The summed E-state index contributed by atoms with van der Waals surface area (Å²) in [6, 6.07) is 18.2. The lowest BCUT2D eigenvalue weighted by Crippen LogP contribution is -2.01. The van der Waals surface area contributed by atoms with E-state index in [0.717, 1.165) is 5.56 Å². The number of aliphatic hydroxyl groups excluding tert-OH is 1. The van der Waals surface area contributed by atoms with E-state index in [1.54, 1.807) is 54.6 Å². The zero-order chi connectivity index (χ0) is 19.2. The van der Waals surface area contributed by atoms with Gasteiger partial charge in [0.15, 0.2) is 17.2 Å². The first-order valence-electron chi connectivity index (χ1n) is 8.36. The molecule has 0 amide bonds. The van der Waals surface area contributed by atoms with E-state index in [1.165, 1.54) is 12.1 Å². The van der Waals surface area contributed by atoms with Crippen LogP contribution < -0.4 is 0 Å². The number of phenols is 2. The van der Waals surface area contributed by atoms with Gasteiger partial charge in [0.05, 0.1) is 11.3 Å². The van der Waals surface area contributed by atoms with Crippen LogP contribution in [0.1, 0.15) is 21.5 Å². The SMILES string of the molecule is O=C(c1ccccc1)c1ccc(O)c(/N=N/c2ccc(CCO)cc2)c1O. The normalized spacial score (nSPS) is 11.0. The molecule has 0 saturated carbocycles. The van der Waals surface area contributed by atoms with E-state index in [4.69, 9.17) is 5.11 Å². The van der Waals surface area contributed by atoms with Gasteiger partial charge in [-0.15, -0.1) is 5.11 Å². The van der Waals surface area contributed by atoms with Gasteiger partial charge in [0, 0.05) is 12.2 Å². The van der Waals surface area contributed by atoms with Crippen LogP contribution in [0.4, 0.5) is 11.4 Å². The van der Waals surface area contributed by atoms with E-state index >= 15 is 0 Å². The van der Waals surface area contributed by atoms with Gasteiger partial charge in [0.1, 0.15) is 5.75 Å². The molecule has 136 valence electrons. The minimum atomic E-state index is -0.426. The van der Waals surface area contributed by atoms with E-state index in [-0.39, 0.29) is 29.4 Å². The number of carbonyl (C=O) groups excluding carboxylic acids is 1. The summed E-state index contributed by atoms with van der Waals surface area (Å²) in [5.41, 5.74) is 1.75. The number of hydrogen-bond donors (Lipinski definition) is 3. The minimum Gasteiger partial charge on any atom is -0.505 e. The Labute approximate surface area is 156 Å². The van der Waals surface area contributed by atoms with Crippen LogP contribution in [-0.2, 0) is 6.42 Å². The molecule has 27 heavy (non-hydrogen) atoms. The standard InChI is InChI=1S/C21H18N2O4/c24-13-12-14-6-8-16(9-7-14)22-23-19-18(25)11-10-17(21(19)27)20(26)15-4-2-1-3-5-15/h1-11,24-25,27H,12-13H2/b23-22+. The molecule has 3 aromatic rings. The Morgan fingerprint density at radius 2 is 1.56 bits per heavy atom. The number of aliphatic hydroxyl groups is 1. The van der Waals surface area contributed by atoms with Crippen molar-refractivity contribution in [2.45, 2.75) is 6.42 Å². The molecule has 0 saturated heterocycles. The molecule has 6 heteroatoms. The summed E-state index contributed by atoms with van der Waals surface area (Å²) in [4.78, 5) is 12.6. The molecule has 0 radical (unpaired) electrons. The van der Waals surface area contributed by atoms with Gasteiger partial charge in [0.25, 0.3) is 0 Å². The molecule has 0 heterocycles. The van der Waals surface area contributed by atoms with E-state index in [0.29, 0.717) is 17.7 Å². The van der Waals surface area contributed by atoms with Gasteiger partial charge in [-0.05, 0) is 36.2 Å². The van der Waals surface area contributed by atoms with E-state index < -0.39 is 5.75 Å². The summed E-state index contributed by atoms with van der Waals surface area (Å²) in [5.74, 6) is -1.08. The first-order valence-corrected chi connectivity index (χ1v) is 8.36. The predicted octanol–water partition coefficient (Wildman–Crippen LogP) is 4.28. The summed E-state index contributed by atoms with van der Waals surface area (Å²) in [6.07, 6.45) is 0.544. The summed E-state index contributed by atoms with van der Waals surface area (Å²) < 4.78 is 0. The summed E-state index contributed by atoms with van der Waals surface area (Å²) in [6.45, 7) is 0.0604. The Morgan fingerprint density at radius 3 is 2.22 bits per heavy atom. The summed E-state index contributed by atoms with van der Waals surface area (Å²) >= 11 is 0. The Hall–Kier alpha value is -3.51. The number of carbonyl (C=O) groups is 1. The van der Waals surface area contributed by atoms with Gasteiger partial charge in [-0.25, -0.2) is 0 Å². The Morgan fingerprint density at radius 1 is 0.852 bits per heavy atom. The van der Waals surface area contributed by atoms with Crippen LogP contribution in [0.5, 0.6) is 11.5 Å². The molecule has 0 spiro atoms. The molecule has 0 aliphatic rings. The molecule has 3 rings (SSSR count). The average Bonchev–Trinajstić information content (AvgIpc) is 2.69. The van der Waals surface area contributed by atoms with Crippen molar-refractivity contribution < 1.29 is 20.1 Å². The highest BCUT2D eigenvalue weighted by Gasteiger charge is 2.19. The topological polar surface area (TPSA) is 102 Å². The van der Waals surface area contributed by atoms with Crippen LogP contribution >= 0.6 is 0 Å². The molecule has 0 fully saturated rings. The number of nitrogens with zero attached hydrogens (tertiary/aromatic N) is 2. The van der Waals surface area contributed by atoms with Gasteiger partial charge in [-0.3, -0.25) is 4.79 Å². The van der Waals surface area contributed by atoms with Crippen molar-refractivity contribution in [3.63, 3.8) is 0 Å². The lowest BCUT2D eigenvalue weighted by Gasteiger charge is -2.07. The summed E-state index contributed by atoms with van der Waals surface area (Å²) in [5, 5.41) is 37.3. The largest absolute Gasteiger partial charge is 0.505 e. The fraction of sp³-hybridized carbons (Fsp3) is 0.0952. The fourth-order valence-corrected chi connectivity index (χ4v) is 2.56. The van der Waals surface area contributed by atoms with Gasteiger partial charge in [-0.2, -0.15) is 5.11 Å². The highest BCUT2D eigenvalue weighted by molar-refractivity contribution is 6.11. The van der Waals surface area contributed by atoms with Gasteiger partial charge in [-0.1, -0.05) is 42.5 Å². The van der Waals surface area contributed by atoms with Gasteiger partial charge >= 0.3 is 0 Å². The molecule has 0 bridgehead atoms. The van der Waals surface area contributed by atoms with Crippen molar-refractivity contribution in [1.29, 1.82) is 0 Å². The average molecular weight is 362 g/mol. The van der Waals surface area contributed by atoms with Gasteiger partial charge < -0.3 is 15.3 Å². The minimum absolute atomic E-state index is 0.0336. The van der Waals surface area contributed by atoms with Crippen molar-refractivity contribution in [1.82, 2.24) is 0 Å². The van der Waals surface area contributed by atoms with E-state index in [1.807, 2.05) is 0 Å². The third kappa shape index (κ3) is 4.19. The number of phenolic OH excluding ortho intramolecular Hbond substituents is 2. The molecule has 0 atom stereocenters. The Kier molecular flexibility index (Phi) is 5.58. The molecule has 0 aliphatic heterocycles. The maximum atomic E-state index is 12.6. The number of azo groups is 1. The van der Waals surface area contributed by atoms with Crippen molar-refractivity contribution in [3.05, 3.63) is 83.4 Å². The second-order valence-corrected chi connectivity index (χ2v) is 5.86. The molecular weight excluding hydrogens is 344 g/mol. The third-order valence-electron chi connectivity index (χ3n) is 4.01. The van der Waals surface area contributed by atoms with Crippen LogP contribution in [0.2, 0.25) is 0 Å². The molecule has 0 aliphatic carbocycles. The Bertz CT molecular complexity index is 967. The van der Waals surface area contributed by atoms with Crippen molar-refractivity contribution in [3.8, 4) is 11.5 Å². The van der Waals surface area contributed by atoms with Crippen LogP contribution in [0.25, 0.3) is 0 Å². The smallest absolute Gasteiger partial charge is 0.196 e. The molecule has 3 N–H and O–H groups in total. The second kappa shape index (κ2) is 8.25. The molecule has 6 nitrogen and oxygen atoms in total. The maximum absolute atomic E-state index is 12.6. The quantitative estimate of drug-likeness (QED) is 0.450. The molecule has 0 aromatic heterocycles. The maximum Gasteiger partial charge on any atom is 0.196 e. The number of ketones is 1. The highest BCUT2D eigenvalue weighted by atomic mass is 16.3. The lowest BCUT2D eigenvalue weighted by molar-refractivity contribution is 0.103. The molecule has 3 aromatic carbocycles. The van der Waals surface area contributed by atoms with Crippen molar-refractivity contribution in [2.24, 2.45) is 10.2 Å². The Balaban J connectivity index is 1.90. The third-order valence-corrected chi connectivity index (χ3v) is 4.01. The van der Waals surface area contributed by atoms with Crippen molar-refractivity contribution in [2.75, 3.05) is 6.61 Å².